The van der Waals surface area contributed by atoms with Crippen molar-refractivity contribution in [2.45, 2.75) is 0 Å². The summed E-state index contributed by atoms with van der Waals surface area (Å²) >= 11 is 0. The molecule has 206 valence electrons. The molecule has 0 spiro atoms. The Kier molecular flexibility index (Phi) is 5.54. The quantitative estimate of drug-likeness (QED) is 0.199. The van der Waals surface area contributed by atoms with E-state index in [1.807, 2.05) is 0 Å². The third-order valence-electron chi connectivity index (χ3n) is 8.83. The lowest BCUT2D eigenvalue weighted by Gasteiger charge is -2.27. The molecule has 0 aliphatic rings. The van der Waals surface area contributed by atoms with Crippen molar-refractivity contribution in [2.24, 2.45) is 0 Å². The van der Waals surface area contributed by atoms with Crippen molar-refractivity contribution < 1.29 is 4.42 Å². The van der Waals surface area contributed by atoms with Crippen molar-refractivity contribution >= 4 is 71.3 Å². The molecule has 0 radical (unpaired) electrons. The fourth-order valence-electron chi connectivity index (χ4n) is 6.71. The topological polar surface area (TPSA) is 16.4 Å². The van der Waals surface area contributed by atoms with Gasteiger partial charge in [0.2, 0.25) is 0 Å². The van der Waals surface area contributed by atoms with Crippen LogP contribution in [-0.2, 0) is 0 Å². The van der Waals surface area contributed by atoms with Crippen molar-refractivity contribution in [1.82, 2.24) is 0 Å². The Balaban J connectivity index is 1.32. The standard InChI is InChI=1S/C42H27NO/c1-2-9-28(10-3-1)29-19-23-33(24-20-29)43(34-25-21-32-18-17-30-11-4-6-13-35(30)38(32)27-34)39-15-8-16-40-41(39)37-26-22-31-12-5-7-14-36(31)42(37)44-40/h1-27H. The van der Waals surface area contributed by atoms with E-state index >= 15 is 0 Å². The first kappa shape index (κ1) is 24.7. The molecule has 1 heterocycles. The molecule has 0 unspecified atom stereocenters. The fourth-order valence-corrected chi connectivity index (χ4v) is 6.71. The maximum atomic E-state index is 6.61. The Morgan fingerprint density at radius 1 is 0.386 bits per heavy atom. The molecule has 0 saturated heterocycles. The van der Waals surface area contributed by atoms with Crippen LogP contribution in [0.4, 0.5) is 17.1 Å². The SMILES string of the molecule is c1ccc(-c2ccc(N(c3ccc4ccc5ccccc5c4c3)c3cccc4oc5c6ccccc6ccc5c34)cc2)cc1. The zero-order chi connectivity index (χ0) is 29.0. The van der Waals surface area contributed by atoms with Crippen LogP contribution in [0.25, 0.3) is 65.4 Å². The van der Waals surface area contributed by atoms with Gasteiger partial charge in [-0.05, 0) is 80.5 Å². The van der Waals surface area contributed by atoms with Crippen LogP contribution in [0.3, 0.4) is 0 Å². The van der Waals surface area contributed by atoms with Gasteiger partial charge in [-0.15, -0.1) is 0 Å². The van der Waals surface area contributed by atoms with Gasteiger partial charge in [0, 0.05) is 22.1 Å². The molecule has 0 aliphatic heterocycles. The average molecular weight is 562 g/mol. The molecule has 0 fully saturated rings. The highest BCUT2D eigenvalue weighted by molar-refractivity contribution is 6.20. The van der Waals surface area contributed by atoms with Gasteiger partial charge in [0.15, 0.2) is 0 Å². The molecule has 0 bridgehead atoms. The maximum absolute atomic E-state index is 6.61. The summed E-state index contributed by atoms with van der Waals surface area (Å²) < 4.78 is 6.61. The fraction of sp³-hybridized carbons (Fsp3) is 0. The van der Waals surface area contributed by atoms with Crippen molar-refractivity contribution in [2.75, 3.05) is 4.90 Å². The molecule has 0 amide bonds. The van der Waals surface area contributed by atoms with Crippen LogP contribution in [-0.4, -0.2) is 0 Å². The number of fused-ring (bicyclic) bond motifs is 8. The Hall–Kier alpha value is -5.86. The van der Waals surface area contributed by atoms with Gasteiger partial charge in [-0.25, -0.2) is 0 Å². The van der Waals surface area contributed by atoms with E-state index in [2.05, 4.69) is 169 Å². The monoisotopic (exact) mass is 561 g/mol. The number of anilines is 3. The number of nitrogens with zero attached hydrogens (tertiary/aromatic N) is 1. The van der Waals surface area contributed by atoms with Crippen molar-refractivity contribution in [3.05, 3.63) is 164 Å². The third-order valence-corrected chi connectivity index (χ3v) is 8.83. The molecule has 0 saturated carbocycles. The Morgan fingerprint density at radius 3 is 1.82 bits per heavy atom. The van der Waals surface area contributed by atoms with Gasteiger partial charge in [0.25, 0.3) is 0 Å². The molecule has 0 N–H and O–H groups in total. The largest absolute Gasteiger partial charge is 0.455 e. The van der Waals surface area contributed by atoms with Crippen LogP contribution in [0.5, 0.6) is 0 Å². The minimum absolute atomic E-state index is 0.881. The van der Waals surface area contributed by atoms with Gasteiger partial charge >= 0.3 is 0 Å². The lowest BCUT2D eigenvalue weighted by Crippen LogP contribution is -2.10. The van der Waals surface area contributed by atoms with Gasteiger partial charge in [-0.2, -0.15) is 0 Å². The average Bonchev–Trinajstić information content (AvgIpc) is 3.49. The lowest BCUT2D eigenvalue weighted by atomic mass is 10.00. The van der Waals surface area contributed by atoms with Crippen molar-refractivity contribution in [3.63, 3.8) is 0 Å². The minimum Gasteiger partial charge on any atom is -0.455 e. The lowest BCUT2D eigenvalue weighted by molar-refractivity contribution is 0.672. The first-order chi connectivity index (χ1) is 21.8. The summed E-state index contributed by atoms with van der Waals surface area (Å²) in [7, 11) is 0. The Labute approximate surface area is 255 Å². The zero-order valence-electron chi connectivity index (χ0n) is 23.9. The third kappa shape index (κ3) is 3.89. The number of rotatable bonds is 4. The summed E-state index contributed by atoms with van der Waals surface area (Å²) in [6.07, 6.45) is 0. The zero-order valence-corrected chi connectivity index (χ0v) is 23.9. The normalized spacial score (nSPS) is 11.6. The van der Waals surface area contributed by atoms with E-state index < -0.39 is 0 Å². The molecule has 1 aromatic heterocycles. The van der Waals surface area contributed by atoms with Gasteiger partial charge in [-0.1, -0.05) is 121 Å². The number of hydrogen-bond acceptors (Lipinski definition) is 2. The van der Waals surface area contributed by atoms with E-state index in [4.69, 9.17) is 4.42 Å². The second-order valence-electron chi connectivity index (χ2n) is 11.4. The van der Waals surface area contributed by atoms with Crippen molar-refractivity contribution in [3.8, 4) is 11.1 Å². The summed E-state index contributed by atoms with van der Waals surface area (Å²) in [5, 5.41) is 9.49. The molecule has 2 nitrogen and oxygen atoms in total. The van der Waals surface area contributed by atoms with Gasteiger partial charge in [0.05, 0.1) is 11.1 Å². The molecule has 0 aliphatic carbocycles. The van der Waals surface area contributed by atoms with Crippen LogP contribution >= 0.6 is 0 Å². The van der Waals surface area contributed by atoms with Crippen LogP contribution < -0.4 is 4.90 Å². The van der Waals surface area contributed by atoms with E-state index in [9.17, 15) is 0 Å². The molecule has 9 aromatic rings. The molecule has 8 aromatic carbocycles. The maximum Gasteiger partial charge on any atom is 0.143 e. The first-order valence-electron chi connectivity index (χ1n) is 15.0. The minimum atomic E-state index is 0.881. The summed E-state index contributed by atoms with van der Waals surface area (Å²) in [6, 6.07) is 58.5. The Morgan fingerprint density at radius 2 is 1.00 bits per heavy atom. The number of benzene rings is 8. The highest BCUT2D eigenvalue weighted by Gasteiger charge is 2.21. The second kappa shape index (κ2) is 9.86. The molecular weight excluding hydrogens is 534 g/mol. The van der Waals surface area contributed by atoms with E-state index in [0.29, 0.717) is 0 Å². The number of hydrogen-bond donors (Lipinski definition) is 0. The van der Waals surface area contributed by atoms with Gasteiger partial charge in [-0.3, -0.25) is 0 Å². The highest BCUT2D eigenvalue weighted by Crippen LogP contribution is 2.45. The molecule has 44 heavy (non-hydrogen) atoms. The van der Waals surface area contributed by atoms with Crippen LogP contribution in [0.2, 0.25) is 0 Å². The molecular formula is C42H27NO. The molecule has 2 heteroatoms. The van der Waals surface area contributed by atoms with Crippen LogP contribution in [0.1, 0.15) is 0 Å². The van der Waals surface area contributed by atoms with Gasteiger partial charge in [0.1, 0.15) is 11.2 Å². The van der Waals surface area contributed by atoms with E-state index in [1.165, 1.54) is 38.1 Å². The van der Waals surface area contributed by atoms with E-state index in [0.717, 1.165) is 44.4 Å². The molecule has 0 atom stereocenters. The summed E-state index contributed by atoms with van der Waals surface area (Å²) in [6.45, 7) is 0. The first-order valence-corrected chi connectivity index (χ1v) is 15.0. The predicted octanol–water partition coefficient (Wildman–Crippen LogP) is 12.2. The Bertz CT molecular complexity index is 2490. The van der Waals surface area contributed by atoms with Crippen LogP contribution in [0.15, 0.2) is 168 Å². The summed E-state index contributed by atoms with van der Waals surface area (Å²) in [4.78, 5) is 2.38. The van der Waals surface area contributed by atoms with Gasteiger partial charge < -0.3 is 9.32 Å². The number of furan rings is 1. The van der Waals surface area contributed by atoms with Crippen molar-refractivity contribution in [1.29, 1.82) is 0 Å². The summed E-state index contributed by atoms with van der Waals surface area (Å²) in [5.41, 5.74) is 7.48. The van der Waals surface area contributed by atoms with E-state index in [1.54, 1.807) is 0 Å². The molecule has 9 rings (SSSR count). The smallest absolute Gasteiger partial charge is 0.143 e. The second-order valence-corrected chi connectivity index (χ2v) is 11.4. The van der Waals surface area contributed by atoms with Crippen LogP contribution in [0, 0.1) is 0 Å². The predicted molar refractivity (Wildman–Crippen MR) is 186 cm³/mol. The highest BCUT2D eigenvalue weighted by atomic mass is 16.3. The summed E-state index contributed by atoms with van der Waals surface area (Å²) in [5.74, 6) is 0. The van der Waals surface area contributed by atoms with E-state index in [-0.39, 0.29) is 0 Å².